The van der Waals surface area contributed by atoms with Gasteiger partial charge in [-0.25, -0.2) is 14.6 Å². The SMILES string of the molecule is COc1cc(/C=N\NC(N)=O)ccc1OS(=O)(=O)c1ccc(F)cc1. The van der Waals surface area contributed by atoms with Crippen molar-refractivity contribution in [1.82, 2.24) is 5.43 Å². The molecule has 2 aromatic carbocycles. The second kappa shape index (κ2) is 7.62. The number of hydrogen-bond acceptors (Lipinski definition) is 6. The second-order valence-electron chi connectivity index (χ2n) is 4.64. The molecule has 2 rings (SSSR count). The number of rotatable bonds is 6. The van der Waals surface area contributed by atoms with Gasteiger partial charge >= 0.3 is 16.1 Å². The van der Waals surface area contributed by atoms with Crippen molar-refractivity contribution in [1.29, 1.82) is 0 Å². The molecule has 0 spiro atoms. The van der Waals surface area contributed by atoms with Crippen molar-refractivity contribution in [2.75, 3.05) is 7.11 Å². The first kappa shape index (κ1) is 18.2. The molecule has 8 nitrogen and oxygen atoms in total. The molecule has 0 bridgehead atoms. The third-order valence-electron chi connectivity index (χ3n) is 2.88. The Morgan fingerprint density at radius 1 is 1.20 bits per heavy atom. The topological polar surface area (TPSA) is 120 Å². The Morgan fingerprint density at radius 2 is 1.88 bits per heavy atom. The van der Waals surface area contributed by atoms with E-state index in [2.05, 4.69) is 5.10 Å². The molecule has 0 atom stereocenters. The Hall–Kier alpha value is -3.14. The standard InChI is InChI=1S/C15H14FN3O5S/c1-23-14-8-10(9-18-19-15(17)20)2-7-13(14)24-25(21,22)12-5-3-11(16)4-6-12/h2-9H,1H3,(H3,17,19,20)/b18-9-. The molecule has 132 valence electrons. The van der Waals surface area contributed by atoms with Gasteiger partial charge in [0.05, 0.1) is 13.3 Å². The average molecular weight is 367 g/mol. The summed E-state index contributed by atoms with van der Waals surface area (Å²) in [4.78, 5) is 10.3. The Balaban J connectivity index is 2.25. The summed E-state index contributed by atoms with van der Waals surface area (Å²) in [7, 11) is -2.83. The van der Waals surface area contributed by atoms with E-state index >= 15 is 0 Å². The highest BCUT2D eigenvalue weighted by atomic mass is 32.2. The lowest BCUT2D eigenvalue weighted by molar-refractivity contribution is 0.249. The first-order chi connectivity index (χ1) is 11.8. The van der Waals surface area contributed by atoms with Crippen LogP contribution in [0.25, 0.3) is 0 Å². The minimum atomic E-state index is -4.16. The number of hydrogen-bond donors (Lipinski definition) is 2. The third kappa shape index (κ3) is 4.91. The van der Waals surface area contributed by atoms with Crippen molar-refractivity contribution in [3.63, 3.8) is 0 Å². The summed E-state index contributed by atoms with van der Waals surface area (Å²) in [6, 6.07) is 7.67. The normalized spacial score (nSPS) is 11.3. The van der Waals surface area contributed by atoms with Gasteiger partial charge < -0.3 is 14.7 Å². The number of carbonyl (C=O) groups excluding carboxylic acids is 1. The van der Waals surface area contributed by atoms with Gasteiger partial charge in [0.1, 0.15) is 10.7 Å². The predicted octanol–water partition coefficient (Wildman–Crippen LogP) is 1.60. The van der Waals surface area contributed by atoms with E-state index in [1.54, 1.807) is 0 Å². The molecule has 2 amide bonds. The van der Waals surface area contributed by atoms with Crippen LogP contribution in [0.4, 0.5) is 9.18 Å². The summed E-state index contributed by atoms with van der Waals surface area (Å²) in [6.45, 7) is 0. The van der Waals surface area contributed by atoms with Crippen LogP contribution in [-0.2, 0) is 10.1 Å². The highest BCUT2D eigenvalue weighted by Gasteiger charge is 2.19. The van der Waals surface area contributed by atoms with Crippen molar-refractivity contribution in [2.24, 2.45) is 10.8 Å². The van der Waals surface area contributed by atoms with Gasteiger partial charge in [0, 0.05) is 0 Å². The fraction of sp³-hybridized carbons (Fsp3) is 0.0667. The maximum Gasteiger partial charge on any atom is 0.339 e. The molecule has 2 aromatic rings. The van der Waals surface area contributed by atoms with Crippen molar-refractivity contribution in [2.45, 2.75) is 4.90 Å². The van der Waals surface area contributed by atoms with E-state index in [1.807, 2.05) is 5.43 Å². The largest absolute Gasteiger partial charge is 0.493 e. The molecule has 0 heterocycles. The molecule has 0 aliphatic heterocycles. The van der Waals surface area contributed by atoms with Crippen LogP contribution in [-0.4, -0.2) is 27.8 Å². The number of primary amides is 1. The van der Waals surface area contributed by atoms with E-state index in [0.29, 0.717) is 5.56 Å². The number of nitrogens with one attached hydrogen (secondary N) is 1. The van der Waals surface area contributed by atoms with Gasteiger partial charge in [0.25, 0.3) is 0 Å². The maximum atomic E-state index is 12.9. The predicted molar refractivity (Wildman–Crippen MR) is 87.5 cm³/mol. The van der Waals surface area contributed by atoms with Gasteiger partial charge in [0.15, 0.2) is 11.5 Å². The van der Waals surface area contributed by atoms with Crippen molar-refractivity contribution >= 4 is 22.4 Å². The van der Waals surface area contributed by atoms with Crippen LogP contribution in [0, 0.1) is 5.82 Å². The van der Waals surface area contributed by atoms with Crippen LogP contribution in [0.2, 0.25) is 0 Å². The van der Waals surface area contributed by atoms with Crippen LogP contribution in [0.3, 0.4) is 0 Å². The fourth-order valence-corrected chi connectivity index (χ4v) is 2.71. The van der Waals surface area contributed by atoms with Crippen LogP contribution in [0.15, 0.2) is 52.5 Å². The monoisotopic (exact) mass is 367 g/mol. The number of benzene rings is 2. The summed E-state index contributed by atoms with van der Waals surface area (Å²) < 4.78 is 47.5. The second-order valence-corrected chi connectivity index (χ2v) is 6.18. The molecule has 0 saturated heterocycles. The molecular weight excluding hydrogens is 353 g/mol. The van der Waals surface area contributed by atoms with Gasteiger partial charge in [-0.1, -0.05) is 0 Å². The molecule has 0 aliphatic carbocycles. The van der Waals surface area contributed by atoms with E-state index in [0.717, 1.165) is 24.3 Å². The minimum absolute atomic E-state index is 0.0631. The molecule has 0 aliphatic rings. The molecule has 3 N–H and O–H groups in total. The van der Waals surface area contributed by atoms with E-state index in [-0.39, 0.29) is 16.4 Å². The number of halogens is 1. The molecule has 0 fully saturated rings. The summed E-state index contributed by atoms with van der Waals surface area (Å²) in [5, 5.41) is 3.58. The Bertz CT molecular complexity index is 898. The summed E-state index contributed by atoms with van der Waals surface area (Å²) in [5.41, 5.74) is 7.39. The van der Waals surface area contributed by atoms with Crippen LogP contribution < -0.4 is 20.1 Å². The maximum absolute atomic E-state index is 12.9. The third-order valence-corrected chi connectivity index (χ3v) is 4.13. The summed E-state index contributed by atoms with van der Waals surface area (Å²) in [6.07, 6.45) is 1.28. The molecule has 0 radical (unpaired) electrons. The smallest absolute Gasteiger partial charge is 0.339 e. The molecule has 25 heavy (non-hydrogen) atoms. The number of hydrazone groups is 1. The van der Waals surface area contributed by atoms with Crippen molar-refractivity contribution < 1.29 is 26.5 Å². The first-order valence-corrected chi connectivity index (χ1v) is 8.19. The van der Waals surface area contributed by atoms with Gasteiger partial charge in [-0.3, -0.25) is 0 Å². The number of carbonyl (C=O) groups is 1. The molecular formula is C15H14FN3O5S. The summed E-state index contributed by atoms with van der Waals surface area (Å²) >= 11 is 0. The number of urea groups is 1. The molecule has 0 saturated carbocycles. The van der Waals surface area contributed by atoms with E-state index in [9.17, 15) is 17.6 Å². The number of nitrogens with zero attached hydrogens (tertiary/aromatic N) is 1. The van der Waals surface area contributed by atoms with E-state index in [4.69, 9.17) is 14.7 Å². The molecule has 0 unspecified atom stereocenters. The zero-order valence-electron chi connectivity index (χ0n) is 13.0. The van der Waals surface area contributed by atoms with E-state index < -0.39 is 22.0 Å². The zero-order chi connectivity index (χ0) is 18.4. The number of nitrogens with two attached hydrogens (primary N) is 1. The molecule has 0 aromatic heterocycles. The van der Waals surface area contributed by atoms with Crippen LogP contribution in [0.5, 0.6) is 11.5 Å². The highest BCUT2D eigenvalue weighted by Crippen LogP contribution is 2.30. The number of ether oxygens (including phenoxy) is 1. The minimum Gasteiger partial charge on any atom is -0.493 e. The Kier molecular flexibility index (Phi) is 5.55. The molecule has 10 heteroatoms. The summed E-state index contributed by atoms with van der Waals surface area (Å²) in [5.74, 6) is -0.509. The van der Waals surface area contributed by atoms with Gasteiger partial charge in [-0.05, 0) is 48.0 Å². The van der Waals surface area contributed by atoms with Crippen LogP contribution >= 0.6 is 0 Å². The highest BCUT2D eigenvalue weighted by molar-refractivity contribution is 7.87. The first-order valence-electron chi connectivity index (χ1n) is 6.78. The van der Waals surface area contributed by atoms with Crippen LogP contribution in [0.1, 0.15) is 5.56 Å². The Morgan fingerprint density at radius 3 is 2.48 bits per heavy atom. The lowest BCUT2D eigenvalue weighted by Crippen LogP contribution is -2.24. The number of methoxy groups -OCH3 is 1. The zero-order valence-corrected chi connectivity index (χ0v) is 13.8. The fourth-order valence-electron chi connectivity index (χ4n) is 1.77. The lowest BCUT2D eigenvalue weighted by atomic mass is 10.2. The Labute approximate surface area is 143 Å². The average Bonchev–Trinajstić information content (AvgIpc) is 2.56. The van der Waals surface area contributed by atoms with Crippen molar-refractivity contribution in [3.05, 3.63) is 53.8 Å². The van der Waals surface area contributed by atoms with Crippen molar-refractivity contribution in [3.8, 4) is 11.5 Å². The van der Waals surface area contributed by atoms with Gasteiger partial charge in [-0.15, -0.1) is 0 Å². The van der Waals surface area contributed by atoms with Gasteiger partial charge in [0.2, 0.25) is 0 Å². The quantitative estimate of drug-likeness (QED) is 0.456. The van der Waals surface area contributed by atoms with Gasteiger partial charge in [-0.2, -0.15) is 13.5 Å². The number of amides is 2. The lowest BCUT2D eigenvalue weighted by Gasteiger charge is -2.11. The van der Waals surface area contributed by atoms with E-state index in [1.165, 1.54) is 31.5 Å².